The molecule has 0 radical (unpaired) electrons. The molecule has 0 aliphatic heterocycles. The van der Waals surface area contributed by atoms with Crippen molar-refractivity contribution in [1.82, 2.24) is 4.98 Å². The Hall–Kier alpha value is -1.00. The molecule has 0 bridgehead atoms. The van der Waals surface area contributed by atoms with Crippen molar-refractivity contribution in [2.45, 2.75) is 19.4 Å². The third-order valence-corrected chi connectivity index (χ3v) is 2.00. The van der Waals surface area contributed by atoms with Crippen molar-refractivity contribution >= 4 is 0 Å². The van der Waals surface area contributed by atoms with E-state index in [4.69, 9.17) is 10.8 Å². The van der Waals surface area contributed by atoms with Gasteiger partial charge in [0.2, 0.25) is 5.95 Å². The van der Waals surface area contributed by atoms with Crippen LogP contribution in [-0.4, -0.2) is 16.7 Å². The van der Waals surface area contributed by atoms with Gasteiger partial charge in [0, 0.05) is 5.69 Å². The zero-order chi connectivity index (χ0) is 10.1. The zero-order valence-corrected chi connectivity index (χ0v) is 7.71. The van der Waals surface area contributed by atoms with Gasteiger partial charge in [0.25, 0.3) is 0 Å². The van der Waals surface area contributed by atoms with Crippen LogP contribution in [0, 0.1) is 12.9 Å². The number of pyridine rings is 1. The SMILES string of the molecule is Cc1nc(F)ccc1[C@](C)(N)CO. The number of hydrogen-bond acceptors (Lipinski definition) is 3. The molecule has 0 aliphatic rings. The molecule has 4 heteroatoms. The summed E-state index contributed by atoms with van der Waals surface area (Å²) in [6.07, 6.45) is 0. The second-order valence-corrected chi connectivity index (χ2v) is 3.34. The topological polar surface area (TPSA) is 59.1 Å². The maximum atomic E-state index is 12.6. The highest BCUT2D eigenvalue weighted by atomic mass is 19.1. The number of aliphatic hydroxyl groups is 1. The molecule has 1 heterocycles. The molecular weight excluding hydrogens is 171 g/mol. The molecule has 0 spiro atoms. The fourth-order valence-electron chi connectivity index (χ4n) is 1.22. The van der Waals surface area contributed by atoms with E-state index in [1.165, 1.54) is 6.07 Å². The second kappa shape index (κ2) is 3.40. The number of aryl methyl sites for hydroxylation is 1. The Labute approximate surface area is 76.4 Å². The van der Waals surface area contributed by atoms with Crippen molar-refractivity contribution < 1.29 is 9.50 Å². The third-order valence-electron chi connectivity index (χ3n) is 2.00. The predicted molar refractivity (Wildman–Crippen MR) is 47.6 cm³/mol. The fourth-order valence-corrected chi connectivity index (χ4v) is 1.22. The number of nitrogens with zero attached hydrogens (tertiary/aromatic N) is 1. The van der Waals surface area contributed by atoms with Crippen LogP contribution in [0.5, 0.6) is 0 Å². The molecule has 0 unspecified atom stereocenters. The van der Waals surface area contributed by atoms with Crippen LogP contribution in [0.4, 0.5) is 4.39 Å². The molecule has 3 N–H and O–H groups in total. The van der Waals surface area contributed by atoms with Gasteiger partial charge < -0.3 is 10.8 Å². The normalized spacial score (nSPS) is 15.5. The number of hydrogen-bond donors (Lipinski definition) is 2. The molecule has 0 aromatic carbocycles. The van der Waals surface area contributed by atoms with Crippen molar-refractivity contribution in [3.8, 4) is 0 Å². The van der Waals surface area contributed by atoms with Crippen LogP contribution in [-0.2, 0) is 5.54 Å². The lowest BCUT2D eigenvalue weighted by atomic mass is 9.93. The Balaban J connectivity index is 3.16. The molecule has 1 atom stereocenters. The van der Waals surface area contributed by atoms with E-state index in [1.807, 2.05) is 0 Å². The van der Waals surface area contributed by atoms with Gasteiger partial charge in [-0.3, -0.25) is 0 Å². The molecule has 0 saturated heterocycles. The third kappa shape index (κ3) is 2.02. The van der Waals surface area contributed by atoms with Gasteiger partial charge in [-0.25, -0.2) is 4.98 Å². The van der Waals surface area contributed by atoms with Crippen LogP contribution in [0.1, 0.15) is 18.2 Å². The first-order chi connectivity index (χ1) is 5.97. The monoisotopic (exact) mass is 184 g/mol. The summed E-state index contributed by atoms with van der Waals surface area (Å²) in [5, 5.41) is 8.99. The van der Waals surface area contributed by atoms with E-state index in [1.54, 1.807) is 19.9 Å². The van der Waals surface area contributed by atoms with E-state index in [0.29, 0.717) is 11.3 Å². The number of aliphatic hydroxyl groups excluding tert-OH is 1. The lowest BCUT2D eigenvalue weighted by Crippen LogP contribution is -2.37. The predicted octanol–water partition coefficient (Wildman–Crippen LogP) is 0.695. The van der Waals surface area contributed by atoms with E-state index >= 15 is 0 Å². The number of rotatable bonds is 2. The fraction of sp³-hybridized carbons (Fsp3) is 0.444. The summed E-state index contributed by atoms with van der Waals surface area (Å²) in [7, 11) is 0. The maximum absolute atomic E-state index is 12.6. The average Bonchev–Trinajstić information content (AvgIpc) is 2.03. The lowest BCUT2D eigenvalue weighted by molar-refractivity contribution is 0.209. The van der Waals surface area contributed by atoms with Crippen LogP contribution in [0.2, 0.25) is 0 Å². The van der Waals surface area contributed by atoms with Crippen LogP contribution in [0.25, 0.3) is 0 Å². The van der Waals surface area contributed by atoms with Crippen molar-refractivity contribution in [2.24, 2.45) is 5.73 Å². The Bertz CT molecular complexity index is 312. The lowest BCUT2D eigenvalue weighted by Gasteiger charge is -2.23. The summed E-state index contributed by atoms with van der Waals surface area (Å²) < 4.78 is 12.6. The minimum Gasteiger partial charge on any atom is -0.394 e. The summed E-state index contributed by atoms with van der Waals surface area (Å²) in [6, 6.07) is 2.79. The molecule has 0 aliphatic carbocycles. The number of aromatic nitrogens is 1. The first-order valence-corrected chi connectivity index (χ1v) is 4.01. The van der Waals surface area contributed by atoms with Gasteiger partial charge in [-0.05, 0) is 25.5 Å². The summed E-state index contributed by atoms with van der Waals surface area (Å²) >= 11 is 0. The molecule has 3 nitrogen and oxygen atoms in total. The quantitative estimate of drug-likeness (QED) is 0.665. The maximum Gasteiger partial charge on any atom is 0.213 e. The Morgan fingerprint density at radius 1 is 1.62 bits per heavy atom. The van der Waals surface area contributed by atoms with Crippen molar-refractivity contribution in [2.75, 3.05) is 6.61 Å². The first kappa shape index (κ1) is 10.1. The molecular formula is C9H13FN2O. The number of halogens is 1. The standard InChI is InChI=1S/C9H13FN2O/c1-6-7(9(2,11)5-13)3-4-8(10)12-6/h3-4,13H,5,11H2,1-2H3/t9-/m1/s1. The largest absolute Gasteiger partial charge is 0.394 e. The van der Waals surface area contributed by atoms with Crippen molar-refractivity contribution in [1.29, 1.82) is 0 Å². The minimum atomic E-state index is -0.856. The Kier molecular flexibility index (Phi) is 2.63. The van der Waals surface area contributed by atoms with Crippen LogP contribution in [0.3, 0.4) is 0 Å². The van der Waals surface area contributed by atoms with E-state index in [2.05, 4.69) is 4.98 Å². The highest BCUT2D eigenvalue weighted by Gasteiger charge is 2.22. The summed E-state index contributed by atoms with van der Waals surface area (Å²) in [4.78, 5) is 3.63. The van der Waals surface area contributed by atoms with Crippen LogP contribution >= 0.6 is 0 Å². The summed E-state index contributed by atoms with van der Waals surface area (Å²) in [6.45, 7) is 3.15. The van der Waals surface area contributed by atoms with E-state index in [-0.39, 0.29) is 6.61 Å². The van der Waals surface area contributed by atoms with Gasteiger partial charge in [-0.1, -0.05) is 6.07 Å². The molecule has 0 amide bonds. The smallest absolute Gasteiger partial charge is 0.213 e. The van der Waals surface area contributed by atoms with Gasteiger partial charge in [0.1, 0.15) is 0 Å². The van der Waals surface area contributed by atoms with E-state index in [0.717, 1.165) is 0 Å². The van der Waals surface area contributed by atoms with Gasteiger partial charge in [-0.2, -0.15) is 4.39 Å². The number of nitrogens with two attached hydrogens (primary N) is 1. The summed E-state index contributed by atoms with van der Waals surface area (Å²) in [5.74, 6) is -0.532. The Morgan fingerprint density at radius 3 is 2.69 bits per heavy atom. The van der Waals surface area contributed by atoms with E-state index < -0.39 is 11.5 Å². The van der Waals surface area contributed by atoms with Gasteiger partial charge in [-0.15, -0.1) is 0 Å². The molecule has 1 aromatic heterocycles. The first-order valence-electron chi connectivity index (χ1n) is 4.01. The molecule has 0 fully saturated rings. The highest BCUT2D eigenvalue weighted by molar-refractivity contribution is 5.26. The van der Waals surface area contributed by atoms with Crippen LogP contribution < -0.4 is 5.73 Å². The average molecular weight is 184 g/mol. The van der Waals surface area contributed by atoms with Gasteiger partial charge >= 0.3 is 0 Å². The molecule has 0 saturated carbocycles. The molecule has 13 heavy (non-hydrogen) atoms. The molecule has 1 rings (SSSR count). The minimum absolute atomic E-state index is 0.193. The van der Waals surface area contributed by atoms with E-state index in [9.17, 15) is 4.39 Å². The van der Waals surface area contributed by atoms with Crippen molar-refractivity contribution in [3.05, 3.63) is 29.3 Å². The second-order valence-electron chi connectivity index (χ2n) is 3.34. The molecule has 72 valence electrons. The Morgan fingerprint density at radius 2 is 2.23 bits per heavy atom. The summed E-state index contributed by atoms with van der Waals surface area (Å²) in [5.41, 5.74) is 6.10. The van der Waals surface area contributed by atoms with Crippen LogP contribution in [0.15, 0.2) is 12.1 Å². The molecule has 1 aromatic rings. The highest BCUT2D eigenvalue weighted by Crippen LogP contribution is 2.19. The van der Waals surface area contributed by atoms with Gasteiger partial charge in [0.15, 0.2) is 0 Å². The zero-order valence-electron chi connectivity index (χ0n) is 7.71. The van der Waals surface area contributed by atoms with Crippen molar-refractivity contribution in [3.63, 3.8) is 0 Å². The van der Waals surface area contributed by atoms with Gasteiger partial charge in [0.05, 0.1) is 12.1 Å².